The van der Waals surface area contributed by atoms with E-state index < -0.39 is 12.2 Å². The summed E-state index contributed by atoms with van der Waals surface area (Å²) < 4.78 is 8.87. The Balaban J connectivity index is 1.57. The second-order valence-electron chi connectivity index (χ2n) is 9.55. The lowest BCUT2D eigenvalue weighted by molar-refractivity contribution is -0.179. The Labute approximate surface area is 231 Å². The molecular weight excluding hydrogens is 531 g/mol. The highest BCUT2D eigenvalue weighted by molar-refractivity contribution is 7.97. The smallest absolute Gasteiger partial charge is 0.253 e. The minimum absolute atomic E-state index is 0.0391. The van der Waals surface area contributed by atoms with Crippen molar-refractivity contribution in [2.75, 3.05) is 13.6 Å². The van der Waals surface area contributed by atoms with Crippen LogP contribution in [0.5, 0.6) is 0 Å². The fourth-order valence-electron chi connectivity index (χ4n) is 4.86. The number of aromatic nitrogens is 4. The third-order valence-corrected chi connectivity index (χ3v) is 8.52. The first-order chi connectivity index (χ1) is 17.9. The maximum Gasteiger partial charge on any atom is 0.253 e. The summed E-state index contributed by atoms with van der Waals surface area (Å²) in [5.74, 6) is 0.349. The molecule has 0 radical (unpaired) electrons. The van der Waals surface area contributed by atoms with Crippen molar-refractivity contribution in [2.45, 2.75) is 62.1 Å². The molecule has 2 fully saturated rings. The molecule has 1 amide bonds. The van der Waals surface area contributed by atoms with Crippen molar-refractivity contribution in [3.63, 3.8) is 0 Å². The maximum atomic E-state index is 14.2. The normalized spacial score (nSPS) is 23.0. The Morgan fingerprint density at radius 3 is 2.59 bits per heavy atom. The molecule has 2 heterocycles. The van der Waals surface area contributed by atoms with E-state index in [0.717, 1.165) is 24.1 Å². The molecule has 0 spiro atoms. The zero-order valence-corrected chi connectivity index (χ0v) is 23.1. The molecule has 1 N–H and O–H groups in total. The number of nitrogens with one attached hydrogen (secondary N) is 1. The molecule has 1 saturated carbocycles. The summed E-state index contributed by atoms with van der Waals surface area (Å²) in [7, 11) is 2.11. The van der Waals surface area contributed by atoms with Crippen LogP contribution in [0.3, 0.4) is 0 Å². The van der Waals surface area contributed by atoms with Gasteiger partial charge in [0.2, 0.25) is 0 Å². The summed E-state index contributed by atoms with van der Waals surface area (Å²) in [5, 5.41) is 16.2. The number of benzene rings is 2. The van der Waals surface area contributed by atoms with Crippen molar-refractivity contribution < 1.29 is 9.53 Å². The zero-order chi connectivity index (χ0) is 25.9. The number of likely N-dealkylation sites (N-methyl/N-ethyl adjacent to an activating group) is 1. The molecule has 37 heavy (non-hydrogen) atoms. The Bertz CT molecular complexity index is 1190. The second kappa shape index (κ2) is 11.7. The average molecular weight is 562 g/mol. The largest absolute Gasteiger partial charge is 0.357 e. The van der Waals surface area contributed by atoms with Gasteiger partial charge in [0.05, 0.1) is 6.04 Å². The molecule has 2 aromatic carbocycles. The van der Waals surface area contributed by atoms with Crippen molar-refractivity contribution in [3.8, 4) is 0 Å². The molecule has 3 aromatic rings. The molecule has 196 valence electrons. The summed E-state index contributed by atoms with van der Waals surface area (Å²) in [6.45, 7) is 2.87. The van der Waals surface area contributed by atoms with Gasteiger partial charge in [0, 0.05) is 34.3 Å². The third-order valence-electron chi connectivity index (χ3n) is 6.76. The van der Waals surface area contributed by atoms with Gasteiger partial charge in [-0.15, -0.1) is 10.2 Å². The molecular formula is C26H30Cl2N6O2S. The zero-order valence-electron chi connectivity index (χ0n) is 20.8. The van der Waals surface area contributed by atoms with E-state index in [1.54, 1.807) is 0 Å². The van der Waals surface area contributed by atoms with Crippen molar-refractivity contribution in [1.29, 1.82) is 0 Å². The second-order valence-corrected chi connectivity index (χ2v) is 11.9. The first-order valence-corrected chi connectivity index (χ1v) is 14.1. The van der Waals surface area contributed by atoms with Crippen LogP contribution < -0.4 is 0 Å². The lowest BCUT2D eigenvalue weighted by atomic mass is 9.89. The number of morpholine rings is 1. The number of ether oxygens (including phenoxy) is 1. The van der Waals surface area contributed by atoms with E-state index in [9.17, 15) is 4.79 Å². The highest BCUT2D eigenvalue weighted by Crippen LogP contribution is 2.45. The van der Waals surface area contributed by atoms with Crippen LogP contribution in [0.25, 0.3) is 0 Å². The number of tetrazole rings is 1. The van der Waals surface area contributed by atoms with Gasteiger partial charge in [-0.05, 0) is 61.7 Å². The molecule has 0 bridgehead atoms. The quantitative estimate of drug-likeness (QED) is 0.337. The van der Waals surface area contributed by atoms with Crippen LogP contribution in [0, 0.1) is 0 Å². The predicted molar refractivity (Wildman–Crippen MR) is 145 cm³/mol. The van der Waals surface area contributed by atoms with E-state index in [-0.39, 0.29) is 24.4 Å². The van der Waals surface area contributed by atoms with E-state index in [1.165, 1.54) is 12.8 Å². The van der Waals surface area contributed by atoms with Gasteiger partial charge in [0.25, 0.3) is 5.91 Å². The molecule has 4 atom stereocenters. The minimum Gasteiger partial charge on any atom is -0.357 e. The Morgan fingerprint density at radius 2 is 1.95 bits per heavy atom. The standard InChI is InChI=1S/C26H30Cl2N6O2S/c1-3-20(15-33(2)37-21-11-12-21)34-24(16-7-9-18(27)10-8-16)25(17-5-4-6-19(28)13-17)36-22(26(34)35)14-23-29-31-32-30-23/h4-10,13,20-22,24-25H,3,11-12,14-15H2,1-2H3,(H,29,30,31,32)/t20-,22+,24+,25+/m0/s1. The van der Waals surface area contributed by atoms with E-state index in [1.807, 2.05) is 65.4 Å². The summed E-state index contributed by atoms with van der Waals surface area (Å²) in [5.41, 5.74) is 1.86. The summed E-state index contributed by atoms with van der Waals surface area (Å²) in [6.07, 6.45) is 2.30. The van der Waals surface area contributed by atoms with Crippen molar-refractivity contribution >= 4 is 41.1 Å². The molecule has 1 aromatic heterocycles. The summed E-state index contributed by atoms with van der Waals surface area (Å²) in [6, 6.07) is 14.9. The van der Waals surface area contributed by atoms with E-state index in [2.05, 4.69) is 38.9 Å². The van der Waals surface area contributed by atoms with E-state index >= 15 is 0 Å². The van der Waals surface area contributed by atoms with Gasteiger partial charge in [-0.3, -0.25) is 9.10 Å². The number of carbonyl (C=O) groups is 1. The van der Waals surface area contributed by atoms with Crippen LogP contribution in [0.15, 0.2) is 48.5 Å². The number of hydrogen-bond donors (Lipinski definition) is 1. The van der Waals surface area contributed by atoms with Gasteiger partial charge in [-0.2, -0.15) is 5.21 Å². The van der Waals surface area contributed by atoms with Crippen LogP contribution in [-0.2, 0) is 16.0 Å². The lowest BCUT2D eigenvalue weighted by Crippen LogP contribution is -2.57. The van der Waals surface area contributed by atoms with E-state index in [4.69, 9.17) is 27.9 Å². The molecule has 5 rings (SSSR count). The van der Waals surface area contributed by atoms with E-state index in [0.29, 0.717) is 21.1 Å². The number of H-pyrrole nitrogens is 1. The highest BCUT2D eigenvalue weighted by atomic mass is 35.5. The number of aromatic amines is 1. The van der Waals surface area contributed by atoms with Gasteiger partial charge in [-0.1, -0.05) is 71.6 Å². The third kappa shape index (κ3) is 6.29. The number of halogens is 2. The van der Waals surface area contributed by atoms with Gasteiger partial charge in [-0.25, -0.2) is 0 Å². The maximum absolute atomic E-state index is 14.2. The Hall–Kier alpha value is -2.17. The van der Waals surface area contributed by atoms with Crippen LogP contribution in [0.4, 0.5) is 0 Å². The molecule has 8 nitrogen and oxygen atoms in total. The summed E-state index contributed by atoms with van der Waals surface area (Å²) >= 11 is 14.5. The average Bonchev–Trinajstić information content (AvgIpc) is 3.55. The number of rotatable bonds is 10. The molecule has 0 unspecified atom stereocenters. The van der Waals surface area contributed by atoms with Gasteiger partial charge in [0.15, 0.2) is 5.82 Å². The van der Waals surface area contributed by atoms with Gasteiger partial charge >= 0.3 is 0 Å². The molecule has 1 saturated heterocycles. The van der Waals surface area contributed by atoms with Crippen molar-refractivity contribution in [1.82, 2.24) is 29.8 Å². The van der Waals surface area contributed by atoms with Crippen molar-refractivity contribution in [3.05, 3.63) is 75.5 Å². The lowest BCUT2D eigenvalue weighted by Gasteiger charge is -2.48. The number of nitrogens with zero attached hydrogens (tertiary/aromatic N) is 5. The fraction of sp³-hybridized carbons (Fsp3) is 0.462. The molecule has 11 heteroatoms. The summed E-state index contributed by atoms with van der Waals surface area (Å²) in [4.78, 5) is 16.2. The number of carbonyl (C=O) groups excluding carboxylic acids is 1. The number of hydrogen-bond acceptors (Lipinski definition) is 7. The predicted octanol–water partition coefficient (Wildman–Crippen LogP) is 5.28. The Morgan fingerprint density at radius 1 is 1.16 bits per heavy atom. The first-order valence-electron chi connectivity index (χ1n) is 12.5. The molecule has 2 aliphatic rings. The van der Waals surface area contributed by atoms with Gasteiger partial charge in [0.1, 0.15) is 12.2 Å². The first kappa shape index (κ1) is 26.4. The SMILES string of the molecule is CC[C@@H](CN(C)SC1CC1)N1C(=O)[C@@H](Cc2nn[nH]n2)O[C@H](c2cccc(Cl)c2)[C@H]1c1ccc(Cl)cc1. The van der Waals surface area contributed by atoms with Crippen LogP contribution in [-0.4, -0.2) is 66.7 Å². The molecule has 1 aliphatic heterocycles. The Kier molecular flexibility index (Phi) is 8.36. The van der Waals surface area contributed by atoms with Gasteiger partial charge < -0.3 is 9.64 Å². The topological polar surface area (TPSA) is 87.2 Å². The van der Waals surface area contributed by atoms with Crippen LogP contribution in [0.2, 0.25) is 10.0 Å². The minimum atomic E-state index is -0.763. The monoisotopic (exact) mass is 560 g/mol. The van der Waals surface area contributed by atoms with Crippen molar-refractivity contribution in [2.24, 2.45) is 0 Å². The highest BCUT2D eigenvalue weighted by Gasteiger charge is 2.47. The fourth-order valence-corrected chi connectivity index (χ4v) is 6.30. The van der Waals surface area contributed by atoms with Crippen LogP contribution in [0.1, 0.15) is 55.3 Å². The number of amides is 1. The van der Waals surface area contributed by atoms with Crippen LogP contribution >= 0.6 is 35.1 Å². The molecule has 1 aliphatic carbocycles.